The molecule has 2 atom stereocenters. The van der Waals surface area contributed by atoms with Crippen LogP contribution in [-0.4, -0.2) is 64.8 Å². The number of fused-ring (bicyclic) bond motifs is 1. The smallest absolute Gasteiger partial charge is 0.410 e. The lowest BCUT2D eigenvalue weighted by molar-refractivity contribution is 0.0781. The number of carbonyl (C=O) groups is 1. The minimum atomic E-state index is -0.162. The van der Waals surface area contributed by atoms with E-state index in [0.717, 1.165) is 49.2 Å². The highest BCUT2D eigenvalue weighted by atomic mass is 127. The van der Waals surface area contributed by atoms with E-state index in [-0.39, 0.29) is 6.09 Å². The predicted octanol–water partition coefficient (Wildman–Crippen LogP) is 3.25. The van der Waals surface area contributed by atoms with Gasteiger partial charge in [0, 0.05) is 68.7 Å². The van der Waals surface area contributed by atoms with Gasteiger partial charge in [-0.3, -0.25) is 0 Å². The van der Waals surface area contributed by atoms with E-state index in [1.54, 1.807) is 0 Å². The Hall–Kier alpha value is -0.860. The fourth-order valence-corrected chi connectivity index (χ4v) is 5.67. The quantitative estimate of drug-likeness (QED) is 0.501. The molecule has 0 aromatic heterocycles. The number of carbonyl (C=O) groups excluding carboxylic acids is 1. The summed E-state index contributed by atoms with van der Waals surface area (Å²) in [5, 5.41) is 0. The first-order chi connectivity index (χ1) is 12.7. The first-order valence-corrected chi connectivity index (χ1v) is 10.7. The van der Waals surface area contributed by atoms with E-state index in [1.807, 2.05) is 35.2 Å². The molecule has 0 N–H and O–H groups in total. The van der Waals surface area contributed by atoms with Crippen LogP contribution in [0.1, 0.15) is 18.4 Å². The molecule has 26 heavy (non-hydrogen) atoms. The maximum Gasteiger partial charge on any atom is 0.410 e. The lowest BCUT2D eigenvalue weighted by Gasteiger charge is -2.33. The van der Waals surface area contributed by atoms with Crippen molar-refractivity contribution in [2.45, 2.75) is 19.4 Å². The molecular weight excluding hydrogens is 441 g/mol. The molecule has 0 aliphatic carbocycles. The van der Waals surface area contributed by atoms with E-state index in [0.29, 0.717) is 6.61 Å². The van der Waals surface area contributed by atoms with E-state index >= 15 is 0 Å². The summed E-state index contributed by atoms with van der Waals surface area (Å²) >= 11 is 2.47. The van der Waals surface area contributed by atoms with Crippen molar-refractivity contribution in [2.24, 2.45) is 17.8 Å². The van der Waals surface area contributed by atoms with Crippen LogP contribution in [-0.2, 0) is 11.3 Å². The summed E-state index contributed by atoms with van der Waals surface area (Å²) in [5.41, 5.74) is 1.04. The van der Waals surface area contributed by atoms with Gasteiger partial charge >= 0.3 is 6.09 Å². The fraction of sp³-hybridized carbons (Fsp3) is 0.650. The summed E-state index contributed by atoms with van der Waals surface area (Å²) in [6, 6.07) is 9.89. The van der Waals surface area contributed by atoms with Crippen LogP contribution in [0.3, 0.4) is 0 Å². The maximum absolute atomic E-state index is 12.3. The molecule has 1 aromatic carbocycles. The van der Waals surface area contributed by atoms with Crippen LogP contribution in [0.15, 0.2) is 30.3 Å². The summed E-state index contributed by atoms with van der Waals surface area (Å²) in [4.78, 5) is 16.8. The Bertz CT molecular complexity index is 592. The number of halogens is 1. The molecule has 3 aliphatic rings. The van der Waals surface area contributed by atoms with Crippen LogP contribution < -0.4 is 0 Å². The van der Waals surface area contributed by atoms with E-state index in [4.69, 9.17) is 4.74 Å². The SMILES string of the molecule is O=C(OCc1ccccc1)N1CCC(CN2C[C@H]3CN(I)C[C@H]3C2)CC1. The molecule has 3 heterocycles. The summed E-state index contributed by atoms with van der Waals surface area (Å²) in [7, 11) is 0. The number of rotatable bonds is 4. The molecule has 0 unspecified atom stereocenters. The monoisotopic (exact) mass is 469 g/mol. The van der Waals surface area contributed by atoms with Crippen molar-refractivity contribution in [3.8, 4) is 0 Å². The second-order valence-electron chi connectivity index (χ2n) is 8.04. The van der Waals surface area contributed by atoms with Gasteiger partial charge in [-0.2, -0.15) is 0 Å². The van der Waals surface area contributed by atoms with Gasteiger partial charge in [0.1, 0.15) is 6.61 Å². The molecule has 0 saturated carbocycles. The lowest BCUT2D eigenvalue weighted by Crippen LogP contribution is -2.41. The third-order valence-corrected chi connectivity index (χ3v) is 6.90. The number of amides is 1. The normalized spacial score (nSPS) is 27.7. The molecule has 3 aliphatic heterocycles. The molecule has 1 amide bonds. The van der Waals surface area contributed by atoms with Crippen molar-refractivity contribution in [1.29, 1.82) is 0 Å². The Morgan fingerprint density at radius 3 is 2.35 bits per heavy atom. The van der Waals surface area contributed by atoms with Gasteiger partial charge < -0.3 is 14.5 Å². The second kappa shape index (κ2) is 8.44. The first kappa shape index (κ1) is 18.5. The van der Waals surface area contributed by atoms with Crippen molar-refractivity contribution in [2.75, 3.05) is 45.8 Å². The number of piperidine rings is 1. The van der Waals surface area contributed by atoms with Crippen LogP contribution in [0.4, 0.5) is 4.79 Å². The Balaban J connectivity index is 1.17. The van der Waals surface area contributed by atoms with Gasteiger partial charge in [-0.05, 0) is 36.2 Å². The minimum absolute atomic E-state index is 0.162. The zero-order valence-corrected chi connectivity index (χ0v) is 17.4. The average Bonchev–Trinajstić information content (AvgIpc) is 3.17. The summed E-state index contributed by atoms with van der Waals surface area (Å²) in [6.45, 7) is 8.29. The van der Waals surface area contributed by atoms with Crippen LogP contribution in [0.25, 0.3) is 0 Å². The summed E-state index contributed by atoms with van der Waals surface area (Å²) in [6.07, 6.45) is 2.04. The molecule has 4 rings (SSSR count). The molecule has 0 radical (unpaired) electrons. The molecular formula is C20H28IN3O2. The molecule has 6 heteroatoms. The number of hydrogen-bond donors (Lipinski definition) is 0. The zero-order valence-electron chi connectivity index (χ0n) is 15.2. The predicted molar refractivity (Wildman–Crippen MR) is 110 cm³/mol. The number of hydrogen-bond acceptors (Lipinski definition) is 4. The number of nitrogens with zero attached hydrogens (tertiary/aromatic N) is 3. The Morgan fingerprint density at radius 2 is 1.69 bits per heavy atom. The van der Waals surface area contributed by atoms with Gasteiger partial charge in [0.05, 0.1) is 0 Å². The lowest BCUT2D eigenvalue weighted by atomic mass is 9.96. The summed E-state index contributed by atoms with van der Waals surface area (Å²) < 4.78 is 7.92. The average molecular weight is 469 g/mol. The van der Waals surface area contributed by atoms with E-state index in [9.17, 15) is 4.79 Å². The van der Waals surface area contributed by atoms with Crippen LogP contribution >= 0.6 is 22.9 Å². The molecule has 0 spiro atoms. The van der Waals surface area contributed by atoms with Crippen molar-refractivity contribution in [1.82, 2.24) is 12.9 Å². The highest BCUT2D eigenvalue weighted by Crippen LogP contribution is 2.33. The third-order valence-electron chi connectivity index (χ3n) is 6.11. The van der Waals surface area contributed by atoms with Gasteiger partial charge in [-0.1, -0.05) is 30.3 Å². The fourth-order valence-electron chi connectivity index (χ4n) is 4.66. The van der Waals surface area contributed by atoms with Crippen molar-refractivity contribution >= 4 is 29.0 Å². The van der Waals surface area contributed by atoms with Crippen LogP contribution in [0, 0.1) is 17.8 Å². The molecule has 1 aromatic rings. The molecule has 0 bridgehead atoms. The molecule has 3 fully saturated rings. The zero-order chi connectivity index (χ0) is 17.9. The second-order valence-corrected chi connectivity index (χ2v) is 9.40. The van der Waals surface area contributed by atoms with Gasteiger partial charge in [-0.15, -0.1) is 0 Å². The van der Waals surface area contributed by atoms with E-state index < -0.39 is 0 Å². The Kier molecular flexibility index (Phi) is 6.00. The molecule has 142 valence electrons. The van der Waals surface area contributed by atoms with Gasteiger partial charge in [0.15, 0.2) is 0 Å². The van der Waals surface area contributed by atoms with Crippen molar-refractivity contribution in [3.05, 3.63) is 35.9 Å². The van der Waals surface area contributed by atoms with Crippen molar-refractivity contribution in [3.63, 3.8) is 0 Å². The van der Waals surface area contributed by atoms with Gasteiger partial charge in [0.2, 0.25) is 0 Å². The van der Waals surface area contributed by atoms with Gasteiger partial charge in [-0.25, -0.2) is 7.91 Å². The minimum Gasteiger partial charge on any atom is -0.445 e. The highest BCUT2D eigenvalue weighted by molar-refractivity contribution is 14.1. The Morgan fingerprint density at radius 1 is 1.04 bits per heavy atom. The topological polar surface area (TPSA) is 36.0 Å². The Labute approximate surface area is 170 Å². The standard InChI is InChI=1S/C20H28IN3O2/c21-24-13-18-11-22(12-19(18)14-24)10-16-6-8-23(9-7-16)20(25)26-15-17-4-2-1-3-5-17/h1-5,16,18-19H,6-15H2/t18-,19+. The van der Waals surface area contributed by atoms with E-state index in [2.05, 4.69) is 30.9 Å². The first-order valence-electron chi connectivity index (χ1n) is 9.76. The summed E-state index contributed by atoms with van der Waals surface area (Å²) in [5.74, 6) is 2.47. The number of benzene rings is 1. The number of likely N-dealkylation sites (tertiary alicyclic amines) is 2. The number of ether oxygens (including phenoxy) is 1. The van der Waals surface area contributed by atoms with Crippen molar-refractivity contribution < 1.29 is 9.53 Å². The van der Waals surface area contributed by atoms with Crippen LogP contribution in [0.2, 0.25) is 0 Å². The van der Waals surface area contributed by atoms with E-state index in [1.165, 1.54) is 32.7 Å². The van der Waals surface area contributed by atoms with Crippen LogP contribution in [0.5, 0.6) is 0 Å². The highest BCUT2D eigenvalue weighted by Gasteiger charge is 2.39. The third kappa shape index (κ3) is 4.51. The maximum atomic E-state index is 12.3. The van der Waals surface area contributed by atoms with Gasteiger partial charge in [0.25, 0.3) is 0 Å². The largest absolute Gasteiger partial charge is 0.445 e. The molecule has 5 nitrogen and oxygen atoms in total. The molecule has 3 saturated heterocycles.